The van der Waals surface area contributed by atoms with Crippen LogP contribution in [0.15, 0.2) is 130 Å². The van der Waals surface area contributed by atoms with Crippen LogP contribution in [0.3, 0.4) is 0 Å². The van der Waals surface area contributed by atoms with E-state index in [1.807, 2.05) is 31.7 Å². The first-order valence-electron chi connectivity index (χ1n) is 40.4. The highest BCUT2D eigenvalue weighted by atomic mass is 32.1. The van der Waals surface area contributed by atoms with Crippen molar-refractivity contribution in [2.45, 2.75) is 236 Å². The van der Waals surface area contributed by atoms with Gasteiger partial charge in [-0.15, -0.1) is 45.3 Å². The average molecular weight is 1470 g/mol. The molecule has 0 saturated heterocycles. The Morgan fingerprint density at radius 3 is 0.913 bits per heavy atom. The van der Waals surface area contributed by atoms with Gasteiger partial charge in [0.05, 0.1) is 64.6 Å². The lowest BCUT2D eigenvalue weighted by Crippen LogP contribution is -2.34. The van der Waals surface area contributed by atoms with Gasteiger partial charge in [0, 0.05) is 92.6 Å². The van der Waals surface area contributed by atoms with Crippen molar-refractivity contribution in [3.05, 3.63) is 150 Å². The smallest absolute Gasteiger partial charge is 0.261 e. The van der Waals surface area contributed by atoms with Crippen LogP contribution < -0.4 is 0 Å². The summed E-state index contributed by atoms with van der Waals surface area (Å²) in [4.78, 5) is 76.2. The monoisotopic (exact) mass is 1470 g/mol. The molecule has 13 rings (SSSR count). The maximum absolute atomic E-state index is 15.5. The fraction of sp³-hybridized carbons (Fsp3) is 0.489. The lowest BCUT2D eigenvalue weighted by Gasteiger charge is -2.29. The van der Waals surface area contributed by atoms with Crippen molar-refractivity contribution in [2.75, 3.05) is 26.2 Å². The van der Waals surface area contributed by atoms with Crippen LogP contribution >= 0.6 is 45.3 Å². The van der Waals surface area contributed by atoms with Crippen LogP contribution in [0.5, 0.6) is 0 Å². The summed E-state index contributed by atoms with van der Waals surface area (Å²) in [7, 11) is 0. The highest BCUT2D eigenvalue weighted by molar-refractivity contribution is 7.17. The van der Waals surface area contributed by atoms with Gasteiger partial charge in [-0.1, -0.05) is 209 Å². The summed E-state index contributed by atoms with van der Waals surface area (Å²) in [5.74, 6) is 1.16. The van der Waals surface area contributed by atoms with Gasteiger partial charge in [-0.25, -0.2) is 0 Å². The van der Waals surface area contributed by atoms with E-state index >= 15 is 19.2 Å². The number of hydrogen-bond donors (Lipinski definition) is 0. The largest absolute Gasteiger partial charge is 0.340 e. The maximum atomic E-state index is 15.5. The summed E-state index contributed by atoms with van der Waals surface area (Å²) in [5.41, 5.74) is 12.8. The van der Waals surface area contributed by atoms with Crippen LogP contribution in [-0.2, 0) is 32.3 Å². The fourth-order valence-corrected chi connectivity index (χ4v) is 20.8. The molecule has 6 aromatic heterocycles. The molecule has 4 atom stereocenters. The van der Waals surface area contributed by atoms with Gasteiger partial charge in [0.2, 0.25) is 0 Å². The number of carbonyl (C=O) groups is 4. The van der Waals surface area contributed by atoms with Gasteiger partial charge in [-0.05, 0) is 157 Å². The number of carbonyl (C=O) groups excluding carboxylic acids is 4. The lowest BCUT2D eigenvalue weighted by molar-refractivity contribution is -0.124. The van der Waals surface area contributed by atoms with E-state index in [0.29, 0.717) is 72.1 Å². The first kappa shape index (κ1) is 75.1. The average Bonchev–Trinajstić information content (AvgIpc) is 1.57. The Labute approximate surface area is 635 Å². The van der Waals surface area contributed by atoms with E-state index in [1.165, 1.54) is 82.1 Å². The van der Waals surface area contributed by atoms with E-state index in [-0.39, 0.29) is 23.6 Å². The first-order valence-corrected chi connectivity index (χ1v) is 43.8. The molecule has 4 aliphatic rings. The predicted octanol–water partition coefficient (Wildman–Crippen LogP) is 25.1. The Morgan fingerprint density at radius 1 is 0.308 bits per heavy atom. The van der Waals surface area contributed by atoms with Gasteiger partial charge in [-0.3, -0.25) is 19.2 Å². The van der Waals surface area contributed by atoms with Gasteiger partial charge >= 0.3 is 0 Å². The minimum absolute atomic E-state index is 0.0336. The van der Waals surface area contributed by atoms with Crippen molar-refractivity contribution in [3.63, 3.8) is 0 Å². The van der Waals surface area contributed by atoms with E-state index < -0.39 is 0 Å². The molecule has 0 fully saturated rings. The number of rotatable bonds is 40. The number of benzene rings is 3. The predicted molar refractivity (Wildman–Crippen MR) is 444 cm³/mol. The molecule has 14 heteroatoms. The minimum atomic E-state index is -0.0336. The van der Waals surface area contributed by atoms with Crippen LogP contribution in [0.1, 0.15) is 243 Å². The van der Waals surface area contributed by atoms with Crippen molar-refractivity contribution in [1.82, 2.24) is 28.7 Å². The zero-order chi connectivity index (χ0) is 72.7. The number of fused-ring (bicyclic) bond motifs is 8. The molecule has 0 radical (unpaired) electrons. The zero-order valence-electron chi connectivity index (χ0n) is 63.9. The number of hydrogen-bond acceptors (Lipinski definition) is 8. The summed E-state index contributed by atoms with van der Waals surface area (Å²) in [6, 6.07) is 36.3. The summed E-state index contributed by atoms with van der Waals surface area (Å²) in [6.45, 7) is 26.7. The highest BCUT2D eigenvalue weighted by Crippen LogP contribution is 2.53. The van der Waals surface area contributed by atoms with E-state index in [2.05, 4.69) is 174 Å². The Balaban J connectivity index is 0.925. The normalized spacial score (nSPS) is 16.2. The topological polar surface area (TPSA) is 91.1 Å². The van der Waals surface area contributed by atoms with Gasteiger partial charge in [0.15, 0.2) is 0 Å². The number of thiophene rings is 4. The van der Waals surface area contributed by atoms with E-state index in [1.54, 1.807) is 45.3 Å². The Morgan fingerprint density at radius 2 is 0.615 bits per heavy atom. The molecule has 0 saturated carbocycles. The van der Waals surface area contributed by atoms with Crippen molar-refractivity contribution >= 4 is 135 Å². The molecule has 3 aromatic carbocycles. The number of amides is 4. The summed E-state index contributed by atoms with van der Waals surface area (Å²) in [6.07, 6.45) is 26.2. The summed E-state index contributed by atoms with van der Waals surface area (Å²) in [5, 5.41) is 9.11. The van der Waals surface area contributed by atoms with Crippen LogP contribution in [0.4, 0.5) is 0 Å². The van der Waals surface area contributed by atoms with Crippen molar-refractivity contribution in [3.8, 4) is 20.9 Å². The third-order valence-corrected chi connectivity index (χ3v) is 27.4. The maximum Gasteiger partial charge on any atom is 0.261 e. The Bertz CT molecular complexity index is 4400. The highest BCUT2D eigenvalue weighted by Gasteiger charge is 2.52. The van der Waals surface area contributed by atoms with Gasteiger partial charge < -0.3 is 28.7 Å². The van der Waals surface area contributed by atoms with E-state index in [9.17, 15) is 0 Å². The second-order valence-electron chi connectivity index (χ2n) is 30.3. The molecule has 4 amide bonds. The Kier molecular flexibility index (Phi) is 24.7. The van der Waals surface area contributed by atoms with E-state index in [0.717, 1.165) is 192 Å². The number of aryl methyl sites for hydroxylation is 2. The molecular formula is C90H112N6O4S4. The quantitative estimate of drug-likeness (QED) is 0.0358. The van der Waals surface area contributed by atoms with Gasteiger partial charge in [-0.2, -0.15) is 0 Å². The van der Waals surface area contributed by atoms with Crippen LogP contribution in [0, 0.1) is 23.7 Å². The third-order valence-electron chi connectivity index (χ3n) is 23.4. The molecule has 9 aromatic rings. The fourth-order valence-electron chi connectivity index (χ4n) is 17.2. The lowest BCUT2D eigenvalue weighted by atomic mass is 9.98. The molecule has 4 aliphatic heterocycles. The molecule has 4 unspecified atom stereocenters. The van der Waals surface area contributed by atoms with Gasteiger partial charge in [0.1, 0.15) is 0 Å². The second-order valence-corrected chi connectivity index (χ2v) is 34.3. The standard InChI is InChI=1S/C90H112N6O4S4/c1-11-21-27-29-47-91-69-41-39-63(73-43-45-77(103-73)85-81-79(87(97)95(85)57-61(19-9)35-25-15-5)83(75-37-31-49-101-75)93(89(81)99)55-59(17-7)33-23-13-3)51-65(69)67-54-72-68(53-71(67)91)66-52-64(40-42-70(66)92(72)48-30-28-22-12-2)74-44-46-78(104-74)86-82-80(88(98)96(86)58-62(20-10)36-26-16-6)84(76-38-32-50-102-76)94(90(82)100)56-60(18-8)34-24-14-4/h31-32,37-46,49-54,59-62H,11-30,33-36,47-48,55-58H2,1-10H3. The number of nitrogens with zero attached hydrogens (tertiary/aromatic N) is 6. The van der Waals surface area contributed by atoms with E-state index in [4.69, 9.17) is 0 Å². The van der Waals surface area contributed by atoms with Crippen LogP contribution in [0.2, 0.25) is 0 Å². The minimum Gasteiger partial charge on any atom is -0.340 e. The van der Waals surface area contributed by atoms with Crippen molar-refractivity contribution < 1.29 is 19.2 Å². The molecule has 10 nitrogen and oxygen atoms in total. The zero-order valence-corrected chi connectivity index (χ0v) is 67.1. The summed E-state index contributed by atoms with van der Waals surface area (Å²) >= 11 is 6.67. The summed E-state index contributed by atoms with van der Waals surface area (Å²) < 4.78 is 5.20. The van der Waals surface area contributed by atoms with Crippen molar-refractivity contribution in [2.24, 2.45) is 23.7 Å². The molecule has 550 valence electrons. The molecule has 0 N–H and O–H groups in total. The number of unbranched alkanes of at least 4 members (excludes halogenated alkanes) is 10. The third kappa shape index (κ3) is 14.7. The van der Waals surface area contributed by atoms with Gasteiger partial charge in [0.25, 0.3) is 23.6 Å². The molecular weight excluding hydrogens is 1360 g/mol. The number of aromatic nitrogens is 2. The van der Waals surface area contributed by atoms with Crippen molar-refractivity contribution in [1.29, 1.82) is 0 Å². The Hall–Kier alpha value is -7.10. The molecule has 0 aliphatic carbocycles. The molecule has 10 heterocycles. The SMILES string of the molecule is CCCCCCn1c2ccc(-c3ccc(C4=C5C(=O)N(CC(CC)CCCC)C(c6cccs6)=C5C(=O)N4CC(CC)CCCC)s3)cc2c2cc3c(cc21)c1cc(-c2ccc(C4=C5C(=O)N(CC(CC)CCCC)C(c6cccs6)=C5C(=O)N4CC(CC)CCCC)s2)ccc1n3CCCCCC. The first-order chi connectivity index (χ1) is 50.9. The van der Waals surface area contributed by atoms with Crippen LogP contribution in [0.25, 0.3) is 87.3 Å². The molecule has 0 spiro atoms. The second kappa shape index (κ2) is 34.2. The van der Waals surface area contributed by atoms with Crippen LogP contribution in [-0.4, -0.2) is 78.5 Å². The molecule has 0 bridgehead atoms. The molecule has 104 heavy (non-hydrogen) atoms.